The highest BCUT2D eigenvalue weighted by Gasteiger charge is 2.30. The number of benzene rings is 1. The molecule has 1 atom stereocenters. The van der Waals surface area contributed by atoms with Crippen LogP contribution in [0.5, 0.6) is 0 Å². The molecule has 3 nitrogen and oxygen atoms in total. The van der Waals surface area contributed by atoms with Gasteiger partial charge in [0, 0.05) is 18.4 Å². The van der Waals surface area contributed by atoms with E-state index < -0.39 is 0 Å². The predicted octanol–water partition coefficient (Wildman–Crippen LogP) is 3.51. The van der Waals surface area contributed by atoms with Crippen LogP contribution in [0.1, 0.15) is 40.5 Å². The SMILES string of the molecule is Cc1ccc(C(=O)N2CCCC2c2ccc(F)cc2)cn1. The third-order valence-corrected chi connectivity index (χ3v) is 3.93. The number of pyridine rings is 1. The molecular formula is C17H17FN2O. The molecule has 2 heterocycles. The molecule has 1 aliphatic heterocycles. The number of hydrogen-bond acceptors (Lipinski definition) is 2. The van der Waals surface area contributed by atoms with Crippen molar-refractivity contribution in [2.24, 2.45) is 0 Å². The number of hydrogen-bond donors (Lipinski definition) is 0. The Kier molecular flexibility index (Phi) is 3.69. The van der Waals surface area contributed by atoms with E-state index in [1.165, 1.54) is 12.1 Å². The lowest BCUT2D eigenvalue weighted by molar-refractivity contribution is 0.0735. The summed E-state index contributed by atoms with van der Waals surface area (Å²) in [7, 11) is 0. The van der Waals surface area contributed by atoms with Gasteiger partial charge in [0.25, 0.3) is 5.91 Å². The number of aromatic nitrogens is 1. The zero-order chi connectivity index (χ0) is 14.8. The molecule has 4 heteroatoms. The second kappa shape index (κ2) is 5.64. The fraction of sp³-hybridized carbons (Fsp3) is 0.294. The summed E-state index contributed by atoms with van der Waals surface area (Å²) < 4.78 is 13.0. The summed E-state index contributed by atoms with van der Waals surface area (Å²) in [5.41, 5.74) is 2.49. The molecule has 1 aromatic heterocycles. The molecule has 21 heavy (non-hydrogen) atoms. The van der Waals surface area contributed by atoms with E-state index in [9.17, 15) is 9.18 Å². The van der Waals surface area contributed by atoms with Crippen molar-refractivity contribution in [3.63, 3.8) is 0 Å². The maximum atomic E-state index is 13.0. The average molecular weight is 284 g/mol. The van der Waals surface area contributed by atoms with Crippen LogP contribution in [0, 0.1) is 12.7 Å². The highest BCUT2D eigenvalue weighted by molar-refractivity contribution is 5.94. The van der Waals surface area contributed by atoms with E-state index in [2.05, 4.69) is 4.98 Å². The van der Waals surface area contributed by atoms with Crippen molar-refractivity contribution in [3.8, 4) is 0 Å². The molecule has 1 amide bonds. The molecule has 0 aliphatic carbocycles. The molecule has 3 rings (SSSR count). The molecule has 1 fully saturated rings. The van der Waals surface area contributed by atoms with Crippen LogP contribution in [-0.4, -0.2) is 22.3 Å². The third-order valence-electron chi connectivity index (χ3n) is 3.93. The molecule has 1 unspecified atom stereocenters. The average Bonchev–Trinajstić information content (AvgIpc) is 2.97. The first-order valence-electron chi connectivity index (χ1n) is 7.14. The Hall–Kier alpha value is -2.23. The van der Waals surface area contributed by atoms with Crippen molar-refractivity contribution in [2.75, 3.05) is 6.54 Å². The molecular weight excluding hydrogens is 267 g/mol. The number of nitrogens with zero attached hydrogens (tertiary/aromatic N) is 2. The summed E-state index contributed by atoms with van der Waals surface area (Å²) in [6.07, 6.45) is 3.50. The number of likely N-dealkylation sites (tertiary alicyclic amines) is 1. The minimum Gasteiger partial charge on any atom is -0.332 e. The van der Waals surface area contributed by atoms with Crippen LogP contribution in [0.15, 0.2) is 42.6 Å². The molecule has 1 saturated heterocycles. The Morgan fingerprint density at radius 3 is 2.67 bits per heavy atom. The number of rotatable bonds is 2. The highest BCUT2D eigenvalue weighted by Crippen LogP contribution is 2.33. The van der Waals surface area contributed by atoms with E-state index >= 15 is 0 Å². The zero-order valence-electron chi connectivity index (χ0n) is 11.9. The van der Waals surface area contributed by atoms with Gasteiger partial charge in [-0.3, -0.25) is 9.78 Å². The van der Waals surface area contributed by atoms with E-state index in [1.54, 1.807) is 18.3 Å². The second-order valence-electron chi connectivity index (χ2n) is 5.40. The van der Waals surface area contributed by atoms with Gasteiger partial charge in [-0.15, -0.1) is 0 Å². The van der Waals surface area contributed by atoms with Gasteiger partial charge in [-0.1, -0.05) is 12.1 Å². The lowest BCUT2D eigenvalue weighted by Crippen LogP contribution is -2.30. The van der Waals surface area contributed by atoms with Gasteiger partial charge in [-0.2, -0.15) is 0 Å². The van der Waals surface area contributed by atoms with Crippen LogP contribution in [0.3, 0.4) is 0 Å². The lowest BCUT2D eigenvalue weighted by Gasteiger charge is -2.25. The molecule has 0 spiro atoms. The summed E-state index contributed by atoms with van der Waals surface area (Å²) in [4.78, 5) is 18.7. The molecule has 108 valence electrons. The van der Waals surface area contributed by atoms with Gasteiger partial charge >= 0.3 is 0 Å². The number of carbonyl (C=O) groups excluding carboxylic acids is 1. The smallest absolute Gasteiger partial charge is 0.255 e. The number of aryl methyl sites for hydroxylation is 1. The largest absolute Gasteiger partial charge is 0.332 e. The Morgan fingerprint density at radius 1 is 1.24 bits per heavy atom. The lowest BCUT2D eigenvalue weighted by atomic mass is 10.0. The van der Waals surface area contributed by atoms with Crippen molar-refractivity contribution < 1.29 is 9.18 Å². The van der Waals surface area contributed by atoms with Crippen LogP contribution in [0.4, 0.5) is 4.39 Å². The summed E-state index contributed by atoms with van der Waals surface area (Å²) in [5.74, 6) is -0.258. The van der Waals surface area contributed by atoms with Crippen molar-refractivity contribution in [1.82, 2.24) is 9.88 Å². The monoisotopic (exact) mass is 284 g/mol. The number of carbonyl (C=O) groups is 1. The van der Waals surface area contributed by atoms with Gasteiger partial charge in [0.05, 0.1) is 11.6 Å². The maximum absolute atomic E-state index is 13.0. The molecule has 2 aromatic rings. The fourth-order valence-corrected chi connectivity index (χ4v) is 2.80. The molecule has 0 N–H and O–H groups in total. The van der Waals surface area contributed by atoms with E-state index in [4.69, 9.17) is 0 Å². The predicted molar refractivity (Wildman–Crippen MR) is 78.4 cm³/mol. The standard InChI is InChI=1S/C17H17FN2O/c1-12-4-5-14(11-19-12)17(21)20-10-2-3-16(20)13-6-8-15(18)9-7-13/h4-9,11,16H,2-3,10H2,1H3. The van der Waals surface area contributed by atoms with Gasteiger partial charge < -0.3 is 4.90 Å². The fourth-order valence-electron chi connectivity index (χ4n) is 2.80. The topological polar surface area (TPSA) is 33.2 Å². The Labute approximate surface area is 123 Å². The first kappa shape index (κ1) is 13.7. The van der Waals surface area contributed by atoms with Crippen LogP contribution < -0.4 is 0 Å². The van der Waals surface area contributed by atoms with Gasteiger partial charge in [0.2, 0.25) is 0 Å². The molecule has 1 aliphatic rings. The van der Waals surface area contributed by atoms with Crippen LogP contribution in [0.2, 0.25) is 0 Å². The molecule has 0 saturated carbocycles. The van der Waals surface area contributed by atoms with Crippen LogP contribution in [-0.2, 0) is 0 Å². The Morgan fingerprint density at radius 2 is 2.00 bits per heavy atom. The molecule has 0 bridgehead atoms. The Bertz CT molecular complexity index is 637. The van der Waals surface area contributed by atoms with Crippen molar-refractivity contribution in [1.29, 1.82) is 0 Å². The van der Waals surface area contributed by atoms with Crippen LogP contribution >= 0.6 is 0 Å². The van der Waals surface area contributed by atoms with E-state index in [0.29, 0.717) is 5.56 Å². The first-order chi connectivity index (χ1) is 10.1. The van der Waals surface area contributed by atoms with Gasteiger partial charge in [-0.25, -0.2) is 4.39 Å². The minimum absolute atomic E-state index is 0.00525. The normalized spacial score (nSPS) is 18.0. The summed E-state index contributed by atoms with van der Waals surface area (Å²) in [6, 6.07) is 10.1. The second-order valence-corrected chi connectivity index (χ2v) is 5.40. The number of halogens is 1. The van der Waals surface area contributed by atoms with Gasteiger partial charge in [0.1, 0.15) is 5.82 Å². The van der Waals surface area contributed by atoms with Crippen molar-refractivity contribution in [3.05, 3.63) is 65.2 Å². The zero-order valence-corrected chi connectivity index (χ0v) is 11.9. The molecule has 1 aromatic carbocycles. The van der Waals surface area contributed by atoms with Gasteiger partial charge in [0.15, 0.2) is 0 Å². The minimum atomic E-state index is -0.252. The first-order valence-corrected chi connectivity index (χ1v) is 7.14. The van der Waals surface area contributed by atoms with E-state index in [0.717, 1.165) is 30.6 Å². The van der Waals surface area contributed by atoms with E-state index in [-0.39, 0.29) is 17.8 Å². The Balaban J connectivity index is 1.85. The van der Waals surface area contributed by atoms with Crippen LogP contribution in [0.25, 0.3) is 0 Å². The summed E-state index contributed by atoms with van der Waals surface area (Å²) in [6.45, 7) is 2.63. The van der Waals surface area contributed by atoms with Crippen molar-refractivity contribution >= 4 is 5.91 Å². The van der Waals surface area contributed by atoms with Crippen molar-refractivity contribution in [2.45, 2.75) is 25.8 Å². The van der Waals surface area contributed by atoms with E-state index in [1.807, 2.05) is 24.0 Å². The maximum Gasteiger partial charge on any atom is 0.255 e. The number of amides is 1. The molecule has 0 radical (unpaired) electrons. The van der Waals surface area contributed by atoms with Gasteiger partial charge in [-0.05, 0) is 49.6 Å². The quantitative estimate of drug-likeness (QED) is 0.845. The third kappa shape index (κ3) is 2.79. The summed E-state index contributed by atoms with van der Waals surface area (Å²) in [5, 5.41) is 0. The highest BCUT2D eigenvalue weighted by atomic mass is 19.1. The summed E-state index contributed by atoms with van der Waals surface area (Å²) >= 11 is 0.